The smallest absolute Gasteiger partial charge is 0.149 e. The normalized spacial score (nSPS) is 11.0. The molecule has 0 atom stereocenters. The van der Waals surface area contributed by atoms with Crippen molar-refractivity contribution in [2.75, 3.05) is 0 Å². The fourth-order valence-electron chi connectivity index (χ4n) is 2.43. The Morgan fingerprint density at radius 1 is 0.600 bits per heavy atom. The number of nitrogens with zero attached hydrogens (tertiary/aromatic N) is 5. The van der Waals surface area contributed by atoms with Gasteiger partial charge in [0.1, 0.15) is 5.69 Å². The topological polar surface area (TPSA) is 55.4 Å². The lowest BCUT2D eigenvalue weighted by Crippen LogP contribution is -1.97. The summed E-state index contributed by atoms with van der Waals surface area (Å²) in [6, 6.07) is 29.2. The van der Waals surface area contributed by atoms with Gasteiger partial charge in [0.05, 0.1) is 11.4 Å². The van der Waals surface area contributed by atoms with Crippen LogP contribution in [0, 0.1) is 0 Å². The molecule has 0 bridgehead atoms. The number of aromatic nitrogens is 3. The highest BCUT2D eigenvalue weighted by Gasteiger charge is 2.13. The van der Waals surface area contributed by atoms with Gasteiger partial charge in [0.2, 0.25) is 5.82 Å². The van der Waals surface area contributed by atoms with Crippen molar-refractivity contribution in [2.45, 2.75) is 0 Å². The van der Waals surface area contributed by atoms with Gasteiger partial charge in [-0.1, -0.05) is 66.7 Å². The molecule has 0 N–H and O–H groups in total. The van der Waals surface area contributed by atoms with Gasteiger partial charge >= 0.3 is 0 Å². The minimum atomic E-state index is 0.485. The van der Waals surface area contributed by atoms with Crippen LogP contribution in [0.1, 0.15) is 0 Å². The van der Waals surface area contributed by atoms with E-state index in [2.05, 4.69) is 20.4 Å². The molecular weight excluding hydrogens is 310 g/mol. The van der Waals surface area contributed by atoms with Crippen LogP contribution in [0.3, 0.4) is 0 Å². The number of hydrogen-bond donors (Lipinski definition) is 0. The Balaban J connectivity index is 1.78. The zero-order chi connectivity index (χ0) is 16.9. The molecule has 0 aliphatic heterocycles. The van der Waals surface area contributed by atoms with Gasteiger partial charge in [-0.25, -0.2) is 0 Å². The highest BCUT2D eigenvalue weighted by Crippen LogP contribution is 2.28. The number of rotatable bonds is 4. The fourth-order valence-corrected chi connectivity index (χ4v) is 2.43. The molecule has 3 aromatic carbocycles. The lowest BCUT2D eigenvalue weighted by atomic mass is 10.1. The average Bonchev–Trinajstić information content (AvgIpc) is 3.13. The predicted molar refractivity (Wildman–Crippen MR) is 97.4 cm³/mol. The van der Waals surface area contributed by atoms with E-state index in [9.17, 15) is 0 Å². The highest BCUT2D eigenvalue weighted by atomic mass is 15.5. The van der Waals surface area contributed by atoms with Gasteiger partial charge in [-0.3, -0.25) is 0 Å². The van der Waals surface area contributed by atoms with Crippen LogP contribution in [0.2, 0.25) is 0 Å². The van der Waals surface area contributed by atoms with Crippen molar-refractivity contribution in [1.29, 1.82) is 0 Å². The summed E-state index contributed by atoms with van der Waals surface area (Å²) in [5.41, 5.74) is 3.30. The molecule has 0 spiro atoms. The SMILES string of the molecule is c1ccc(N=Nc2nn(-c3ccccc3)nc2-c2ccccc2)cc1. The molecule has 5 heteroatoms. The van der Waals surface area contributed by atoms with Crippen molar-refractivity contribution in [3.05, 3.63) is 91.0 Å². The molecule has 0 saturated heterocycles. The van der Waals surface area contributed by atoms with E-state index in [0.717, 1.165) is 16.9 Å². The van der Waals surface area contributed by atoms with E-state index in [1.807, 2.05) is 91.0 Å². The quantitative estimate of drug-likeness (QED) is 0.475. The van der Waals surface area contributed by atoms with Gasteiger partial charge in [-0.05, 0) is 24.3 Å². The standard InChI is InChI=1S/C20H15N5/c1-4-10-16(11-5-1)19-20(22-21-17-12-6-2-7-13-17)24-25(23-19)18-14-8-3-9-15-18/h1-15H. The van der Waals surface area contributed by atoms with Crippen LogP contribution < -0.4 is 0 Å². The zero-order valence-electron chi connectivity index (χ0n) is 13.4. The largest absolute Gasteiger partial charge is 0.224 e. The third-order valence-corrected chi connectivity index (χ3v) is 3.65. The van der Waals surface area contributed by atoms with E-state index in [1.54, 1.807) is 4.80 Å². The first-order valence-electron chi connectivity index (χ1n) is 7.95. The van der Waals surface area contributed by atoms with Gasteiger partial charge in [0.25, 0.3) is 0 Å². The van der Waals surface area contributed by atoms with Crippen molar-refractivity contribution < 1.29 is 0 Å². The molecule has 1 aromatic heterocycles. The summed E-state index contributed by atoms with van der Waals surface area (Å²) >= 11 is 0. The number of para-hydroxylation sites is 1. The van der Waals surface area contributed by atoms with E-state index >= 15 is 0 Å². The van der Waals surface area contributed by atoms with Crippen LogP contribution >= 0.6 is 0 Å². The Hall–Kier alpha value is -3.60. The molecule has 120 valence electrons. The van der Waals surface area contributed by atoms with Crippen LogP contribution in [0.15, 0.2) is 101 Å². The number of hydrogen-bond acceptors (Lipinski definition) is 4. The first-order valence-corrected chi connectivity index (χ1v) is 7.95. The molecule has 5 nitrogen and oxygen atoms in total. The van der Waals surface area contributed by atoms with E-state index in [-0.39, 0.29) is 0 Å². The fraction of sp³-hybridized carbons (Fsp3) is 0. The Morgan fingerprint density at radius 3 is 1.88 bits per heavy atom. The molecule has 0 fully saturated rings. The molecule has 25 heavy (non-hydrogen) atoms. The molecule has 4 rings (SSSR count). The first-order chi connectivity index (χ1) is 12.4. The summed E-state index contributed by atoms with van der Waals surface area (Å²) in [5, 5.41) is 17.7. The van der Waals surface area contributed by atoms with E-state index in [1.165, 1.54) is 0 Å². The van der Waals surface area contributed by atoms with Crippen molar-refractivity contribution in [3.63, 3.8) is 0 Å². The van der Waals surface area contributed by atoms with Crippen molar-refractivity contribution >= 4 is 11.5 Å². The third-order valence-electron chi connectivity index (χ3n) is 3.65. The minimum absolute atomic E-state index is 0.485. The number of azo groups is 1. The van der Waals surface area contributed by atoms with Crippen LogP contribution in [-0.2, 0) is 0 Å². The summed E-state index contributed by atoms with van der Waals surface area (Å²) in [6.07, 6.45) is 0. The molecule has 0 aliphatic rings. The second kappa shape index (κ2) is 6.88. The molecule has 0 amide bonds. The van der Waals surface area contributed by atoms with E-state index in [4.69, 9.17) is 0 Å². The first kappa shape index (κ1) is 15.0. The second-order valence-electron chi connectivity index (χ2n) is 5.40. The number of benzene rings is 3. The molecule has 0 unspecified atom stereocenters. The van der Waals surface area contributed by atoms with Gasteiger partial charge in [-0.2, -0.15) is 0 Å². The maximum absolute atomic E-state index is 4.61. The molecule has 0 aliphatic carbocycles. The maximum atomic E-state index is 4.61. The summed E-state index contributed by atoms with van der Waals surface area (Å²) in [7, 11) is 0. The van der Waals surface area contributed by atoms with Crippen LogP contribution in [0.5, 0.6) is 0 Å². The van der Waals surface area contributed by atoms with Gasteiger partial charge in [-0.15, -0.1) is 25.2 Å². The van der Waals surface area contributed by atoms with Crippen LogP contribution in [-0.4, -0.2) is 15.0 Å². The van der Waals surface area contributed by atoms with Crippen LogP contribution in [0.4, 0.5) is 11.5 Å². The minimum Gasteiger partial charge on any atom is -0.149 e. The average molecular weight is 325 g/mol. The van der Waals surface area contributed by atoms with Crippen molar-refractivity contribution in [1.82, 2.24) is 15.0 Å². The molecule has 0 radical (unpaired) electrons. The molecule has 0 saturated carbocycles. The Kier molecular flexibility index (Phi) is 4.12. The monoisotopic (exact) mass is 325 g/mol. The summed E-state index contributed by atoms with van der Waals surface area (Å²) in [4.78, 5) is 1.58. The van der Waals surface area contributed by atoms with Gasteiger partial charge in [0.15, 0.2) is 0 Å². The lowest BCUT2D eigenvalue weighted by Gasteiger charge is -1.97. The summed E-state index contributed by atoms with van der Waals surface area (Å²) in [6.45, 7) is 0. The summed E-state index contributed by atoms with van der Waals surface area (Å²) < 4.78 is 0. The molecule has 4 aromatic rings. The predicted octanol–water partition coefficient (Wildman–Crippen LogP) is 5.35. The van der Waals surface area contributed by atoms with Crippen molar-refractivity contribution in [3.8, 4) is 16.9 Å². The Morgan fingerprint density at radius 2 is 1.20 bits per heavy atom. The van der Waals surface area contributed by atoms with Gasteiger partial charge in [0, 0.05) is 5.56 Å². The van der Waals surface area contributed by atoms with Gasteiger partial charge < -0.3 is 0 Å². The molecule has 1 heterocycles. The van der Waals surface area contributed by atoms with E-state index < -0.39 is 0 Å². The highest BCUT2D eigenvalue weighted by molar-refractivity contribution is 5.69. The van der Waals surface area contributed by atoms with Crippen LogP contribution in [0.25, 0.3) is 16.9 Å². The Labute approximate surface area is 145 Å². The lowest BCUT2D eigenvalue weighted by molar-refractivity contribution is 0.753. The second-order valence-corrected chi connectivity index (χ2v) is 5.40. The van der Waals surface area contributed by atoms with Crippen molar-refractivity contribution in [2.24, 2.45) is 10.2 Å². The zero-order valence-corrected chi connectivity index (χ0v) is 13.4. The summed E-state index contributed by atoms with van der Waals surface area (Å²) in [5.74, 6) is 0.485. The third kappa shape index (κ3) is 3.35. The maximum Gasteiger partial charge on any atom is 0.224 e. The Bertz CT molecular complexity index is 977. The van der Waals surface area contributed by atoms with E-state index in [0.29, 0.717) is 11.5 Å². The molecular formula is C20H15N5.